The van der Waals surface area contributed by atoms with Gasteiger partial charge in [0.2, 0.25) is 5.75 Å². The zero-order chi connectivity index (χ0) is 17.5. The van der Waals surface area contributed by atoms with E-state index in [4.69, 9.17) is 18.9 Å². The second-order valence-electron chi connectivity index (χ2n) is 5.54. The van der Waals surface area contributed by atoms with Crippen molar-refractivity contribution >= 4 is 24.2 Å². The van der Waals surface area contributed by atoms with Crippen LogP contribution in [0.15, 0.2) is 47.4 Å². The highest BCUT2D eigenvalue weighted by Gasteiger charge is 2.19. The van der Waals surface area contributed by atoms with E-state index in [1.165, 1.54) is 4.90 Å². The van der Waals surface area contributed by atoms with E-state index in [0.29, 0.717) is 30.4 Å². The number of nitrogens with one attached hydrogen (secondary N) is 1. The van der Waals surface area contributed by atoms with Crippen LogP contribution in [-0.2, 0) is 0 Å². The van der Waals surface area contributed by atoms with Crippen LogP contribution in [0.2, 0.25) is 0 Å². The fraction of sp³-hybridized carbons (Fsp3) is 0.368. The van der Waals surface area contributed by atoms with Crippen LogP contribution in [0, 0.1) is 0 Å². The zero-order valence-electron chi connectivity index (χ0n) is 14.9. The lowest BCUT2D eigenvalue weighted by atomic mass is 10.3. The third kappa shape index (κ3) is 5.13. The average Bonchev–Trinajstić information content (AvgIpc) is 2.67. The lowest BCUT2D eigenvalue weighted by Gasteiger charge is -2.25. The van der Waals surface area contributed by atoms with E-state index in [1.807, 2.05) is 48.2 Å². The quantitative estimate of drug-likeness (QED) is 0.686. The van der Waals surface area contributed by atoms with Crippen molar-refractivity contribution in [1.82, 2.24) is 5.32 Å². The van der Waals surface area contributed by atoms with Crippen LogP contribution >= 0.6 is 24.2 Å². The molecule has 1 aliphatic rings. The van der Waals surface area contributed by atoms with Crippen LogP contribution in [0.4, 0.5) is 0 Å². The summed E-state index contributed by atoms with van der Waals surface area (Å²) in [6.45, 7) is 2.02. The fourth-order valence-corrected chi connectivity index (χ4v) is 3.60. The molecule has 142 valence electrons. The van der Waals surface area contributed by atoms with Crippen LogP contribution in [0.5, 0.6) is 23.0 Å². The molecule has 5 nitrogen and oxygen atoms in total. The lowest BCUT2D eigenvalue weighted by Crippen LogP contribution is -2.36. The van der Waals surface area contributed by atoms with Gasteiger partial charge >= 0.3 is 0 Å². The van der Waals surface area contributed by atoms with Crippen LogP contribution in [0.1, 0.15) is 0 Å². The van der Waals surface area contributed by atoms with E-state index in [-0.39, 0.29) is 18.5 Å². The van der Waals surface area contributed by atoms with Gasteiger partial charge in [0.25, 0.3) is 0 Å². The van der Waals surface area contributed by atoms with Crippen molar-refractivity contribution in [3.63, 3.8) is 0 Å². The highest BCUT2D eigenvalue weighted by atomic mass is 35.5. The van der Waals surface area contributed by atoms with Crippen molar-refractivity contribution < 1.29 is 18.9 Å². The molecule has 7 heteroatoms. The molecule has 0 radical (unpaired) electrons. The maximum atomic E-state index is 6.01. The van der Waals surface area contributed by atoms with Gasteiger partial charge in [-0.3, -0.25) is 0 Å². The first-order chi connectivity index (χ1) is 12.3. The van der Waals surface area contributed by atoms with Gasteiger partial charge in [0.15, 0.2) is 11.5 Å². The van der Waals surface area contributed by atoms with Gasteiger partial charge in [-0.2, -0.15) is 0 Å². The highest BCUT2D eigenvalue weighted by Crippen LogP contribution is 2.36. The maximum Gasteiger partial charge on any atom is 0.203 e. The summed E-state index contributed by atoms with van der Waals surface area (Å²) in [7, 11) is 3.24. The Kier molecular flexibility index (Phi) is 8.22. The van der Waals surface area contributed by atoms with Crippen LogP contribution in [0.3, 0.4) is 0 Å². The predicted octanol–water partition coefficient (Wildman–Crippen LogP) is 3.65. The number of ether oxygens (including phenoxy) is 4. The normalized spacial score (nSPS) is 15.2. The zero-order valence-corrected chi connectivity index (χ0v) is 16.5. The van der Waals surface area contributed by atoms with E-state index in [9.17, 15) is 0 Å². The Morgan fingerprint density at radius 1 is 1.08 bits per heavy atom. The lowest BCUT2D eigenvalue weighted by molar-refractivity contribution is 0.205. The van der Waals surface area contributed by atoms with Crippen LogP contribution < -0.4 is 24.3 Å². The van der Waals surface area contributed by atoms with Gasteiger partial charge in [-0.1, -0.05) is 18.2 Å². The van der Waals surface area contributed by atoms with E-state index in [0.717, 1.165) is 18.0 Å². The molecule has 0 saturated carbocycles. The average molecular weight is 398 g/mol. The molecular weight excluding hydrogens is 374 g/mol. The number of fused-ring (bicyclic) bond motifs is 1. The van der Waals surface area contributed by atoms with Gasteiger partial charge in [0.05, 0.1) is 14.2 Å². The summed E-state index contributed by atoms with van der Waals surface area (Å²) in [5, 5.41) is 3.39. The number of methoxy groups -OCH3 is 2. The minimum atomic E-state index is 0. The highest BCUT2D eigenvalue weighted by molar-refractivity contribution is 7.99. The second kappa shape index (κ2) is 10.4. The topological polar surface area (TPSA) is 49.0 Å². The minimum Gasteiger partial charge on any atom is -0.493 e. The molecule has 1 atom stereocenters. The summed E-state index contributed by atoms with van der Waals surface area (Å²) < 4.78 is 22.5. The summed E-state index contributed by atoms with van der Waals surface area (Å²) >= 11 is 1.84. The minimum absolute atomic E-state index is 0. The van der Waals surface area contributed by atoms with Crippen molar-refractivity contribution in [3.05, 3.63) is 42.5 Å². The molecule has 0 spiro atoms. The molecule has 26 heavy (non-hydrogen) atoms. The Balaban J connectivity index is 0.00000243. The molecule has 1 heterocycles. The van der Waals surface area contributed by atoms with E-state index >= 15 is 0 Å². The fourth-order valence-electron chi connectivity index (χ4n) is 2.61. The van der Waals surface area contributed by atoms with E-state index in [2.05, 4.69) is 11.4 Å². The molecule has 0 bridgehead atoms. The third-order valence-corrected chi connectivity index (χ3v) is 5.03. The van der Waals surface area contributed by atoms with Gasteiger partial charge < -0.3 is 24.3 Å². The Hall–Kier alpha value is -1.76. The monoisotopic (exact) mass is 397 g/mol. The summed E-state index contributed by atoms with van der Waals surface area (Å²) in [4.78, 5) is 1.21. The predicted molar refractivity (Wildman–Crippen MR) is 107 cm³/mol. The molecule has 1 unspecified atom stereocenters. The van der Waals surface area contributed by atoms with Crippen LogP contribution in [-0.4, -0.2) is 45.8 Å². The van der Waals surface area contributed by atoms with Gasteiger partial charge in [-0.05, 0) is 24.3 Å². The number of para-hydroxylation sites is 2. The first-order valence-electron chi connectivity index (χ1n) is 8.25. The molecule has 0 fully saturated rings. The van der Waals surface area contributed by atoms with Crippen LogP contribution in [0.25, 0.3) is 0 Å². The first-order valence-corrected chi connectivity index (χ1v) is 9.23. The number of hydrogen-bond acceptors (Lipinski definition) is 6. The van der Waals surface area contributed by atoms with Gasteiger partial charge in [-0.15, -0.1) is 24.2 Å². The molecule has 2 aromatic rings. The molecule has 0 amide bonds. The van der Waals surface area contributed by atoms with Crippen molar-refractivity contribution in [2.24, 2.45) is 0 Å². The van der Waals surface area contributed by atoms with Crippen molar-refractivity contribution in [3.8, 4) is 23.0 Å². The van der Waals surface area contributed by atoms with Crippen molar-refractivity contribution in [1.29, 1.82) is 0 Å². The Bertz CT molecular complexity index is 679. The first kappa shape index (κ1) is 20.6. The van der Waals surface area contributed by atoms with Gasteiger partial charge in [0.1, 0.15) is 18.5 Å². The number of hydrogen-bond donors (Lipinski definition) is 1. The molecular formula is C19H24ClNO4S. The van der Waals surface area contributed by atoms with E-state index in [1.54, 1.807) is 14.2 Å². The number of rotatable bonds is 8. The van der Waals surface area contributed by atoms with Crippen molar-refractivity contribution in [2.75, 3.05) is 39.7 Å². The molecule has 0 aliphatic carbocycles. The summed E-state index contributed by atoms with van der Waals surface area (Å²) in [6, 6.07) is 13.7. The largest absolute Gasteiger partial charge is 0.493 e. The molecule has 1 N–H and O–H groups in total. The van der Waals surface area contributed by atoms with Crippen molar-refractivity contribution in [2.45, 2.75) is 11.0 Å². The molecule has 0 saturated heterocycles. The molecule has 2 aromatic carbocycles. The molecule has 3 rings (SSSR count). The van der Waals surface area contributed by atoms with Gasteiger partial charge in [-0.25, -0.2) is 0 Å². The second-order valence-corrected chi connectivity index (χ2v) is 6.60. The van der Waals surface area contributed by atoms with Gasteiger partial charge in [0, 0.05) is 23.7 Å². The summed E-state index contributed by atoms with van der Waals surface area (Å²) in [5.74, 6) is 3.89. The maximum absolute atomic E-state index is 6.01. The number of halogens is 1. The Labute approximate surface area is 164 Å². The Morgan fingerprint density at radius 3 is 2.54 bits per heavy atom. The third-order valence-electron chi connectivity index (χ3n) is 3.85. The summed E-state index contributed by atoms with van der Waals surface area (Å²) in [6.07, 6.45) is 0.167. The van der Waals surface area contributed by atoms with E-state index < -0.39 is 0 Å². The number of thioether (sulfide) groups is 1. The summed E-state index contributed by atoms with van der Waals surface area (Å²) in [5.41, 5.74) is 0. The molecule has 1 aliphatic heterocycles. The smallest absolute Gasteiger partial charge is 0.203 e. The Morgan fingerprint density at radius 2 is 1.81 bits per heavy atom. The SMILES string of the molecule is COc1cccc(OC)c1OCCNCC1CSc2ccccc2O1.Cl. The standard InChI is InChI=1S/C19H23NO4S.ClH/c1-21-16-7-5-8-17(22-2)19(16)23-11-10-20-12-14-13-25-18-9-4-3-6-15(18)24-14;/h3-9,14,20H,10-13H2,1-2H3;1H. The number of benzene rings is 2. The molecule has 0 aromatic heterocycles.